The Bertz CT molecular complexity index is 474. The Balaban J connectivity index is 2.30. The van der Waals surface area contributed by atoms with E-state index in [0.717, 1.165) is 12.2 Å². The van der Waals surface area contributed by atoms with E-state index in [0.29, 0.717) is 0 Å². The third kappa shape index (κ3) is 2.32. The van der Waals surface area contributed by atoms with Crippen LogP contribution in [0, 0.1) is 17.3 Å². The fourth-order valence-electron chi connectivity index (χ4n) is 3.32. The predicted molar refractivity (Wildman–Crippen MR) is 73.6 cm³/mol. The van der Waals surface area contributed by atoms with Gasteiger partial charge in [-0.05, 0) is 30.9 Å². The predicted octanol–water partition coefficient (Wildman–Crippen LogP) is 1.41. The summed E-state index contributed by atoms with van der Waals surface area (Å²) < 4.78 is 9.99. The maximum Gasteiger partial charge on any atom is 0.318 e. The van der Waals surface area contributed by atoms with Crippen LogP contribution in [0.5, 0.6) is 0 Å². The molecule has 0 aromatic heterocycles. The fraction of sp³-hybridized carbons (Fsp3) is 0.600. The Hall–Kier alpha value is -1.78. The largest absolute Gasteiger partial charge is 0.497 e. The van der Waals surface area contributed by atoms with Crippen LogP contribution < -0.4 is 5.32 Å². The van der Waals surface area contributed by atoms with Gasteiger partial charge in [0, 0.05) is 12.0 Å². The fourth-order valence-corrected chi connectivity index (χ4v) is 3.32. The topological polar surface area (TPSA) is 64.6 Å². The maximum absolute atomic E-state index is 12.0. The lowest BCUT2D eigenvalue weighted by Crippen LogP contribution is -2.40. The molecule has 2 aliphatic rings. The highest BCUT2D eigenvalue weighted by atomic mass is 16.5. The van der Waals surface area contributed by atoms with Gasteiger partial charge < -0.3 is 14.8 Å². The van der Waals surface area contributed by atoms with E-state index in [4.69, 9.17) is 9.47 Å². The number of amides is 1. The molecule has 20 heavy (non-hydrogen) atoms. The number of carbonyl (C=O) groups is 2. The SMILES string of the molecule is COC(=O)[C@@H]1C(=O)N[C@@H](C)[C@H]1C1(C)C=CC(OC)=CC1. The van der Waals surface area contributed by atoms with E-state index in [1.807, 2.05) is 25.2 Å². The molecule has 5 heteroatoms. The molecule has 0 aromatic carbocycles. The Morgan fingerprint density at radius 3 is 2.65 bits per heavy atom. The van der Waals surface area contributed by atoms with Gasteiger partial charge in [0.05, 0.1) is 14.2 Å². The van der Waals surface area contributed by atoms with Gasteiger partial charge in [-0.15, -0.1) is 0 Å². The summed E-state index contributed by atoms with van der Waals surface area (Å²) in [7, 11) is 2.94. The molecule has 4 atom stereocenters. The highest BCUT2D eigenvalue weighted by molar-refractivity contribution is 6.00. The number of ether oxygens (including phenoxy) is 2. The Morgan fingerprint density at radius 2 is 2.15 bits per heavy atom. The van der Waals surface area contributed by atoms with Gasteiger partial charge in [-0.2, -0.15) is 0 Å². The maximum atomic E-state index is 12.0. The highest BCUT2D eigenvalue weighted by Gasteiger charge is 2.52. The molecule has 5 nitrogen and oxygen atoms in total. The number of nitrogens with one attached hydrogen (secondary N) is 1. The summed E-state index contributed by atoms with van der Waals surface area (Å²) in [5, 5.41) is 2.85. The van der Waals surface area contributed by atoms with Crippen LogP contribution in [-0.4, -0.2) is 32.1 Å². The summed E-state index contributed by atoms with van der Waals surface area (Å²) >= 11 is 0. The van der Waals surface area contributed by atoms with Crippen molar-refractivity contribution in [3.8, 4) is 0 Å². The van der Waals surface area contributed by atoms with Crippen molar-refractivity contribution in [1.82, 2.24) is 5.32 Å². The summed E-state index contributed by atoms with van der Waals surface area (Å²) in [6.45, 7) is 3.99. The molecule has 0 radical (unpaired) electrons. The molecule has 110 valence electrons. The van der Waals surface area contributed by atoms with Crippen molar-refractivity contribution in [3.05, 3.63) is 24.0 Å². The molecule has 1 fully saturated rings. The lowest BCUT2D eigenvalue weighted by Gasteiger charge is -2.37. The van der Waals surface area contributed by atoms with E-state index in [9.17, 15) is 9.59 Å². The first kappa shape index (κ1) is 14.6. The molecule has 0 saturated carbocycles. The third-order valence-corrected chi connectivity index (χ3v) is 4.37. The number of hydrogen-bond donors (Lipinski definition) is 1. The molecule has 1 heterocycles. The van der Waals surface area contributed by atoms with Crippen molar-refractivity contribution in [2.24, 2.45) is 17.3 Å². The Labute approximate surface area is 119 Å². The van der Waals surface area contributed by atoms with Crippen molar-refractivity contribution in [2.75, 3.05) is 14.2 Å². The van der Waals surface area contributed by atoms with Crippen molar-refractivity contribution in [1.29, 1.82) is 0 Å². The Kier molecular flexibility index (Phi) is 3.88. The number of esters is 1. The molecule has 0 bridgehead atoms. The quantitative estimate of drug-likeness (QED) is 0.626. The molecule has 0 spiro atoms. The van der Waals surface area contributed by atoms with E-state index >= 15 is 0 Å². The van der Waals surface area contributed by atoms with Crippen LogP contribution in [0.3, 0.4) is 0 Å². The number of carbonyl (C=O) groups excluding carboxylic acids is 2. The summed E-state index contributed by atoms with van der Waals surface area (Å²) in [4.78, 5) is 24.0. The van der Waals surface area contributed by atoms with Crippen LogP contribution >= 0.6 is 0 Å². The van der Waals surface area contributed by atoms with Crippen molar-refractivity contribution in [2.45, 2.75) is 26.3 Å². The molecular formula is C15H21NO4. The van der Waals surface area contributed by atoms with E-state index in [2.05, 4.69) is 12.2 Å². The van der Waals surface area contributed by atoms with Gasteiger partial charge in [-0.1, -0.05) is 13.0 Å². The lowest BCUT2D eigenvalue weighted by atomic mass is 9.66. The van der Waals surface area contributed by atoms with Crippen LogP contribution in [0.15, 0.2) is 24.0 Å². The first-order valence-electron chi connectivity index (χ1n) is 6.74. The molecule has 1 saturated heterocycles. The van der Waals surface area contributed by atoms with Crippen molar-refractivity contribution in [3.63, 3.8) is 0 Å². The minimum atomic E-state index is -0.748. The third-order valence-electron chi connectivity index (χ3n) is 4.37. The average molecular weight is 279 g/mol. The van der Waals surface area contributed by atoms with Crippen LogP contribution in [0.1, 0.15) is 20.3 Å². The van der Waals surface area contributed by atoms with Gasteiger partial charge in [0.25, 0.3) is 0 Å². The van der Waals surface area contributed by atoms with Crippen LogP contribution in [0.4, 0.5) is 0 Å². The smallest absolute Gasteiger partial charge is 0.318 e. The molecule has 1 N–H and O–H groups in total. The van der Waals surface area contributed by atoms with Gasteiger partial charge in [0.1, 0.15) is 11.7 Å². The van der Waals surface area contributed by atoms with Crippen molar-refractivity contribution >= 4 is 11.9 Å². The average Bonchev–Trinajstić information content (AvgIpc) is 2.74. The molecule has 1 amide bonds. The first-order valence-corrected chi connectivity index (χ1v) is 6.74. The second-order valence-electron chi connectivity index (χ2n) is 5.68. The minimum Gasteiger partial charge on any atom is -0.497 e. The van der Waals surface area contributed by atoms with E-state index in [-0.39, 0.29) is 23.3 Å². The van der Waals surface area contributed by atoms with Gasteiger partial charge in [-0.25, -0.2) is 0 Å². The summed E-state index contributed by atoms with van der Waals surface area (Å²) in [5.74, 6) is -0.781. The first-order chi connectivity index (χ1) is 9.42. The zero-order valence-electron chi connectivity index (χ0n) is 12.3. The highest BCUT2D eigenvalue weighted by Crippen LogP contribution is 2.45. The zero-order valence-corrected chi connectivity index (χ0v) is 12.3. The zero-order chi connectivity index (χ0) is 14.9. The summed E-state index contributed by atoms with van der Waals surface area (Å²) in [6.07, 6.45) is 6.64. The standard InChI is InChI=1S/C15H21NO4/c1-9-12(11(13(17)16-9)14(18)20-4)15(2)7-5-10(19-3)6-8-15/h5-7,9,11-12H,8H2,1-4H3,(H,16,17)/t9-,11-,12+,15?/m0/s1. The van der Waals surface area contributed by atoms with Gasteiger partial charge in [0.2, 0.25) is 5.91 Å². The monoisotopic (exact) mass is 279 g/mol. The normalized spacial score (nSPS) is 36.3. The van der Waals surface area contributed by atoms with E-state index in [1.165, 1.54) is 7.11 Å². The lowest BCUT2D eigenvalue weighted by molar-refractivity contribution is -0.151. The number of methoxy groups -OCH3 is 2. The van der Waals surface area contributed by atoms with Crippen LogP contribution in [-0.2, 0) is 19.1 Å². The molecule has 0 aromatic rings. The van der Waals surface area contributed by atoms with Gasteiger partial charge in [-0.3, -0.25) is 9.59 Å². The van der Waals surface area contributed by atoms with Gasteiger partial charge >= 0.3 is 5.97 Å². The number of hydrogen-bond acceptors (Lipinski definition) is 4. The molecule has 2 rings (SSSR count). The van der Waals surface area contributed by atoms with Crippen LogP contribution in [0.25, 0.3) is 0 Å². The second-order valence-corrected chi connectivity index (χ2v) is 5.68. The molecule has 1 aliphatic heterocycles. The van der Waals surface area contributed by atoms with Crippen molar-refractivity contribution < 1.29 is 19.1 Å². The van der Waals surface area contributed by atoms with E-state index in [1.54, 1.807) is 7.11 Å². The molecule has 1 unspecified atom stereocenters. The Morgan fingerprint density at radius 1 is 1.45 bits per heavy atom. The second kappa shape index (κ2) is 5.31. The summed E-state index contributed by atoms with van der Waals surface area (Å²) in [5.41, 5.74) is -0.278. The minimum absolute atomic E-state index is 0.0706. The molecule has 1 aliphatic carbocycles. The molecular weight excluding hydrogens is 258 g/mol. The summed E-state index contributed by atoms with van der Waals surface area (Å²) in [6, 6.07) is -0.0706. The van der Waals surface area contributed by atoms with Gasteiger partial charge in [0.15, 0.2) is 0 Å². The number of allylic oxidation sites excluding steroid dienone is 3. The van der Waals surface area contributed by atoms with E-state index < -0.39 is 11.9 Å². The van der Waals surface area contributed by atoms with Crippen LogP contribution in [0.2, 0.25) is 0 Å². The number of rotatable bonds is 3.